The molecule has 3 aromatic rings. The maximum absolute atomic E-state index is 14.3. The Bertz CT molecular complexity index is 2070. The molecule has 2 aliphatic heterocycles. The van der Waals surface area contributed by atoms with Gasteiger partial charge in [0.25, 0.3) is 12.4 Å². The Hall–Kier alpha value is -4.99. The molecule has 5 rings (SSSR count). The van der Waals surface area contributed by atoms with Gasteiger partial charge in [-0.1, -0.05) is 59.1 Å². The summed E-state index contributed by atoms with van der Waals surface area (Å²) >= 11 is 0. The van der Waals surface area contributed by atoms with Gasteiger partial charge >= 0.3 is 5.97 Å². The number of fused-ring (bicyclic) bond motifs is 8. The molecule has 3 aromatic heterocycles. The van der Waals surface area contributed by atoms with Crippen LogP contribution in [0.15, 0.2) is 24.8 Å². The normalized spacial score (nSPS) is 15.4. The van der Waals surface area contributed by atoms with Crippen molar-refractivity contribution in [3.63, 3.8) is 0 Å². The monoisotopic (exact) mass is 721 g/mol. The predicted octanol–water partition coefficient (Wildman–Crippen LogP) is 9.17. The Kier molecular flexibility index (Phi) is 13.1. The van der Waals surface area contributed by atoms with Crippen molar-refractivity contribution in [3.8, 4) is 0 Å². The number of rotatable bonds is 16. The molecule has 2 aliphatic rings. The molecule has 0 unspecified atom stereocenters. The van der Waals surface area contributed by atoms with Crippen LogP contribution < -0.4 is 5.32 Å². The van der Waals surface area contributed by atoms with Gasteiger partial charge in [-0.3, -0.25) is 19.4 Å². The van der Waals surface area contributed by atoms with Crippen LogP contribution in [0.4, 0.5) is 0 Å². The van der Waals surface area contributed by atoms with Gasteiger partial charge in [0.15, 0.2) is 0 Å². The zero-order valence-electron chi connectivity index (χ0n) is 32.5. The first-order valence-electron chi connectivity index (χ1n) is 19.1. The average Bonchev–Trinajstić information content (AvgIpc) is 3.83. The number of esters is 1. The molecular weight excluding hydrogens is 667 g/mol. The zero-order valence-corrected chi connectivity index (χ0v) is 32.5. The average molecular weight is 722 g/mol. The van der Waals surface area contributed by atoms with Gasteiger partial charge < -0.3 is 24.8 Å². The van der Waals surface area contributed by atoms with Crippen LogP contribution in [0.2, 0.25) is 0 Å². The fourth-order valence-electron chi connectivity index (χ4n) is 7.78. The number of hydrogen-bond acceptors (Lipinski definition) is 7. The Balaban J connectivity index is 1.89. The second-order valence-electron chi connectivity index (χ2n) is 14.2. The lowest BCUT2D eigenvalue weighted by atomic mass is 9.85. The third-order valence-corrected chi connectivity index (χ3v) is 10.9. The highest BCUT2D eigenvalue weighted by Gasteiger charge is 2.33. The van der Waals surface area contributed by atoms with E-state index in [4.69, 9.17) is 19.4 Å². The van der Waals surface area contributed by atoms with Crippen molar-refractivity contribution in [1.82, 2.24) is 25.3 Å². The molecule has 2 atom stereocenters. The number of aromatic nitrogens is 4. The van der Waals surface area contributed by atoms with E-state index in [1.807, 2.05) is 19.1 Å². The lowest BCUT2D eigenvalue weighted by Gasteiger charge is -2.18. The standard InChI is InChI=1S/C43H55N5O5/c1-9-12-13-14-15-18-44-43(51)40-28(7)36-23-38-30(11-3)26(5)34(46-38)22-37-29(10-2)25(4)33(45-37)21-35-27(6)31(17-16-19-53-24-49)41(47-35)32(42(40)48-36)20-39(50)52-8/h10,21-24,27,31,45,48H,2,9,11-20H2,1,3-8H3,(H,44,51)/t27-,31-/m0/s1. The number of carbonyl (C=O) groups is 3. The molecular formula is C43H55N5O5. The zero-order chi connectivity index (χ0) is 38.2. The van der Waals surface area contributed by atoms with E-state index in [1.165, 1.54) is 13.5 Å². The highest BCUT2D eigenvalue weighted by molar-refractivity contribution is 6.06. The smallest absolute Gasteiger partial charge is 0.310 e. The molecule has 0 saturated heterocycles. The lowest BCUT2D eigenvalue weighted by molar-refractivity contribution is -0.139. The Morgan fingerprint density at radius 3 is 2.38 bits per heavy atom. The number of unbranched alkanes of at least 4 members (excludes halogenated alkanes) is 4. The summed E-state index contributed by atoms with van der Waals surface area (Å²) in [6.45, 7) is 18.0. The summed E-state index contributed by atoms with van der Waals surface area (Å²) in [6.07, 6.45) is 9.19. The molecule has 0 saturated carbocycles. The molecule has 53 heavy (non-hydrogen) atoms. The van der Waals surface area contributed by atoms with E-state index in [9.17, 15) is 14.4 Å². The molecule has 5 heterocycles. The summed E-state index contributed by atoms with van der Waals surface area (Å²) in [5, 5.41) is 3.18. The van der Waals surface area contributed by atoms with Crippen LogP contribution in [0.3, 0.4) is 0 Å². The third-order valence-electron chi connectivity index (χ3n) is 10.9. The first-order valence-corrected chi connectivity index (χ1v) is 19.1. The first-order chi connectivity index (χ1) is 25.6. The SMILES string of the molecule is C=Cc1c(C)c2cc3nc(c(CC(=O)OC)c4[nH]c(cc5nc(cc1[nH]2)C(C)=C5CC)c(C)c4C(=O)NCCCCCCC)[C@@H](CCCOC=O)[C@@H]3C. The van der Waals surface area contributed by atoms with Crippen LogP contribution in [0, 0.1) is 13.8 Å². The molecule has 0 aromatic carbocycles. The molecule has 10 heteroatoms. The summed E-state index contributed by atoms with van der Waals surface area (Å²) < 4.78 is 10.3. The predicted molar refractivity (Wildman–Crippen MR) is 213 cm³/mol. The quantitative estimate of drug-likeness (QED) is 0.0762. The van der Waals surface area contributed by atoms with Crippen molar-refractivity contribution in [1.29, 1.82) is 0 Å². The van der Waals surface area contributed by atoms with E-state index in [1.54, 1.807) is 0 Å². The first kappa shape index (κ1) is 39.2. The number of aromatic amines is 2. The molecule has 8 bridgehead atoms. The second kappa shape index (κ2) is 17.7. The van der Waals surface area contributed by atoms with E-state index >= 15 is 0 Å². The van der Waals surface area contributed by atoms with Gasteiger partial charge in [-0.2, -0.15) is 0 Å². The third kappa shape index (κ3) is 8.32. The number of carbonyl (C=O) groups excluding carboxylic acids is 3. The van der Waals surface area contributed by atoms with Crippen LogP contribution in [-0.2, 0) is 25.5 Å². The van der Waals surface area contributed by atoms with Crippen molar-refractivity contribution < 1.29 is 23.9 Å². The Morgan fingerprint density at radius 1 is 0.943 bits per heavy atom. The van der Waals surface area contributed by atoms with Crippen LogP contribution in [0.5, 0.6) is 0 Å². The van der Waals surface area contributed by atoms with Gasteiger partial charge in [-0.25, -0.2) is 4.98 Å². The Labute approximate surface area is 312 Å². The van der Waals surface area contributed by atoms with E-state index in [0.29, 0.717) is 48.2 Å². The number of methoxy groups -OCH3 is 1. The fraction of sp³-hybridized carbons (Fsp3) is 0.465. The van der Waals surface area contributed by atoms with Gasteiger partial charge in [0.1, 0.15) is 0 Å². The van der Waals surface area contributed by atoms with Crippen molar-refractivity contribution in [3.05, 3.63) is 75.4 Å². The molecule has 0 spiro atoms. The van der Waals surface area contributed by atoms with Gasteiger partial charge in [0, 0.05) is 51.8 Å². The summed E-state index contributed by atoms with van der Waals surface area (Å²) in [6, 6.07) is 6.18. The van der Waals surface area contributed by atoms with Crippen molar-refractivity contribution in [2.24, 2.45) is 0 Å². The van der Waals surface area contributed by atoms with Crippen LogP contribution in [0.25, 0.3) is 39.3 Å². The van der Waals surface area contributed by atoms with E-state index < -0.39 is 5.97 Å². The van der Waals surface area contributed by atoms with Gasteiger partial charge in [-0.15, -0.1) is 0 Å². The van der Waals surface area contributed by atoms with E-state index in [-0.39, 0.29) is 30.8 Å². The minimum absolute atomic E-state index is 0.0532. The topological polar surface area (TPSA) is 139 Å². The van der Waals surface area contributed by atoms with E-state index in [2.05, 4.69) is 68.6 Å². The summed E-state index contributed by atoms with van der Waals surface area (Å²) in [5.74, 6) is -0.828. The second-order valence-corrected chi connectivity index (χ2v) is 14.2. The molecule has 282 valence electrons. The van der Waals surface area contributed by atoms with Crippen LogP contribution >= 0.6 is 0 Å². The van der Waals surface area contributed by atoms with Gasteiger partial charge in [0.05, 0.1) is 48.3 Å². The number of nitrogens with zero attached hydrogens (tertiary/aromatic N) is 2. The van der Waals surface area contributed by atoms with Crippen molar-refractivity contribution >= 4 is 57.6 Å². The highest BCUT2D eigenvalue weighted by atomic mass is 16.5. The number of ether oxygens (including phenoxy) is 2. The van der Waals surface area contributed by atoms with E-state index in [0.717, 1.165) is 93.6 Å². The highest BCUT2D eigenvalue weighted by Crippen LogP contribution is 2.43. The minimum atomic E-state index is -0.437. The number of amides is 1. The Morgan fingerprint density at radius 2 is 1.68 bits per heavy atom. The minimum Gasteiger partial charge on any atom is -0.469 e. The fourth-order valence-corrected chi connectivity index (χ4v) is 7.78. The summed E-state index contributed by atoms with van der Waals surface area (Å²) in [5.41, 5.74) is 12.5. The van der Waals surface area contributed by atoms with Gasteiger partial charge in [0.2, 0.25) is 0 Å². The molecule has 3 N–H and O–H groups in total. The van der Waals surface area contributed by atoms with Crippen molar-refractivity contribution in [2.45, 2.75) is 111 Å². The molecule has 0 aliphatic carbocycles. The number of aryl methyl sites for hydroxylation is 2. The largest absolute Gasteiger partial charge is 0.469 e. The lowest BCUT2D eigenvalue weighted by Crippen LogP contribution is -2.25. The van der Waals surface area contributed by atoms with Crippen LogP contribution in [0.1, 0.15) is 146 Å². The molecule has 10 nitrogen and oxygen atoms in total. The number of hydrogen-bond donors (Lipinski definition) is 3. The maximum Gasteiger partial charge on any atom is 0.310 e. The maximum atomic E-state index is 14.3. The number of allylic oxidation sites excluding steroid dienone is 2. The number of H-pyrrole nitrogens is 2. The van der Waals surface area contributed by atoms with Crippen molar-refractivity contribution in [2.75, 3.05) is 20.3 Å². The van der Waals surface area contributed by atoms with Crippen LogP contribution in [-0.4, -0.2) is 58.5 Å². The summed E-state index contributed by atoms with van der Waals surface area (Å²) in [4.78, 5) is 56.2. The molecule has 0 fully saturated rings. The summed E-state index contributed by atoms with van der Waals surface area (Å²) in [7, 11) is 1.37. The molecule has 0 radical (unpaired) electrons. The number of nitrogens with one attached hydrogen (secondary N) is 3. The van der Waals surface area contributed by atoms with Gasteiger partial charge in [-0.05, 0) is 86.9 Å². The molecule has 1 amide bonds.